The highest BCUT2D eigenvalue weighted by Crippen LogP contribution is 2.18. The molecular weight excluding hydrogens is 448 g/mol. The van der Waals surface area contributed by atoms with E-state index in [4.69, 9.17) is 0 Å². The molecule has 1 fully saturated rings. The van der Waals surface area contributed by atoms with Crippen LogP contribution in [0.15, 0.2) is 27.8 Å². The Morgan fingerprint density at radius 2 is 1.80 bits per heavy atom. The third kappa shape index (κ3) is 5.16. The van der Waals surface area contributed by atoms with Crippen LogP contribution < -0.4 is 21.9 Å². The number of amides is 2. The Hall–Kier alpha value is -3.43. The highest BCUT2D eigenvalue weighted by Gasteiger charge is 2.22. The van der Waals surface area contributed by atoms with Crippen LogP contribution >= 0.6 is 0 Å². The Kier molecular flexibility index (Phi) is 7.09. The van der Waals surface area contributed by atoms with E-state index in [1.807, 2.05) is 27.7 Å². The molecule has 10 nitrogen and oxygen atoms in total. The second kappa shape index (κ2) is 10.1. The summed E-state index contributed by atoms with van der Waals surface area (Å²) in [5, 5.41) is 10.5. The molecule has 0 atom stereocenters. The van der Waals surface area contributed by atoms with E-state index < -0.39 is 5.69 Å². The first-order valence-corrected chi connectivity index (χ1v) is 12.4. The largest absolute Gasteiger partial charge is 0.352 e. The summed E-state index contributed by atoms with van der Waals surface area (Å²) in [5.41, 5.74) is -0.166. The van der Waals surface area contributed by atoms with Crippen molar-refractivity contribution < 1.29 is 9.59 Å². The number of nitrogens with one attached hydrogen (secondary N) is 2. The molecule has 1 aliphatic carbocycles. The summed E-state index contributed by atoms with van der Waals surface area (Å²) in [5.74, 6) is 0.0100. The van der Waals surface area contributed by atoms with Crippen LogP contribution in [-0.4, -0.2) is 43.1 Å². The Morgan fingerprint density at radius 1 is 1.09 bits per heavy atom. The van der Waals surface area contributed by atoms with Crippen LogP contribution in [0.5, 0.6) is 0 Å². The van der Waals surface area contributed by atoms with Gasteiger partial charge in [0.15, 0.2) is 0 Å². The smallest absolute Gasteiger partial charge is 0.352 e. The van der Waals surface area contributed by atoms with Gasteiger partial charge in [0.2, 0.25) is 11.7 Å². The van der Waals surface area contributed by atoms with E-state index in [1.165, 1.54) is 8.97 Å². The van der Waals surface area contributed by atoms with E-state index in [1.54, 1.807) is 18.2 Å². The van der Waals surface area contributed by atoms with Gasteiger partial charge in [-0.15, -0.1) is 5.10 Å². The van der Waals surface area contributed by atoms with Gasteiger partial charge in [-0.1, -0.05) is 40.5 Å². The molecule has 3 aromatic rings. The van der Waals surface area contributed by atoms with Gasteiger partial charge in [0.25, 0.3) is 11.5 Å². The fourth-order valence-corrected chi connectivity index (χ4v) is 4.57. The number of fused-ring (bicyclic) bond motifs is 3. The Bertz CT molecular complexity index is 1370. The van der Waals surface area contributed by atoms with E-state index >= 15 is 0 Å². The predicted molar refractivity (Wildman–Crippen MR) is 134 cm³/mol. The minimum Gasteiger partial charge on any atom is -0.352 e. The molecule has 0 aliphatic heterocycles. The molecule has 0 bridgehead atoms. The van der Waals surface area contributed by atoms with Crippen LogP contribution in [0.25, 0.3) is 16.7 Å². The van der Waals surface area contributed by atoms with Crippen LogP contribution in [0.2, 0.25) is 0 Å². The lowest BCUT2D eigenvalue weighted by Crippen LogP contribution is -2.37. The van der Waals surface area contributed by atoms with Gasteiger partial charge in [0.1, 0.15) is 6.54 Å². The zero-order valence-corrected chi connectivity index (χ0v) is 20.8. The van der Waals surface area contributed by atoms with E-state index in [2.05, 4.69) is 15.7 Å². The third-order valence-corrected chi connectivity index (χ3v) is 6.27. The summed E-state index contributed by atoms with van der Waals surface area (Å²) in [4.78, 5) is 52.1. The molecular formula is C25H34N6O4. The van der Waals surface area contributed by atoms with Crippen molar-refractivity contribution in [3.05, 3.63) is 44.6 Å². The van der Waals surface area contributed by atoms with Gasteiger partial charge in [-0.2, -0.15) is 0 Å². The molecule has 2 N–H and O–H groups in total. The number of nitrogens with zero attached hydrogens (tertiary/aromatic N) is 4. The first-order valence-electron chi connectivity index (χ1n) is 12.4. The summed E-state index contributed by atoms with van der Waals surface area (Å²) in [6.45, 7) is 8.58. The highest BCUT2D eigenvalue weighted by atomic mass is 16.2. The number of hydrogen-bond acceptors (Lipinski definition) is 5. The number of hydrogen-bond donors (Lipinski definition) is 2. The van der Waals surface area contributed by atoms with Gasteiger partial charge in [-0.25, -0.2) is 13.9 Å². The standard InChI is InChI=1S/C25H34N6O4/c1-15(2)12-26-22(33)17-9-10-19-20(11-17)31-24(29(23(19)34)13-16(3)4)28-30(25(31)35)14-21(32)27-18-7-5-6-8-18/h9-11,15-16,18H,5-8,12-14H2,1-4H3,(H,26,33)(H,27,32). The quantitative estimate of drug-likeness (QED) is 0.508. The molecule has 2 heterocycles. The Labute approximate surface area is 203 Å². The topological polar surface area (TPSA) is 120 Å². The number of carbonyl (C=O) groups excluding carboxylic acids is 2. The van der Waals surface area contributed by atoms with Gasteiger partial charge in [0.05, 0.1) is 10.9 Å². The summed E-state index contributed by atoms with van der Waals surface area (Å²) in [7, 11) is 0. The van der Waals surface area contributed by atoms with Crippen LogP contribution in [0, 0.1) is 11.8 Å². The summed E-state index contributed by atoms with van der Waals surface area (Å²) >= 11 is 0. The molecule has 0 radical (unpaired) electrons. The molecule has 0 spiro atoms. The minimum absolute atomic E-state index is 0.126. The second-order valence-electron chi connectivity index (χ2n) is 10.3. The molecule has 2 amide bonds. The van der Waals surface area contributed by atoms with Gasteiger partial charge in [-0.05, 0) is 42.9 Å². The van der Waals surface area contributed by atoms with Crippen LogP contribution in [0.3, 0.4) is 0 Å². The molecule has 0 saturated heterocycles. The van der Waals surface area contributed by atoms with Crippen molar-refractivity contribution in [2.75, 3.05) is 6.54 Å². The zero-order valence-electron chi connectivity index (χ0n) is 20.8. The second-order valence-corrected chi connectivity index (χ2v) is 10.3. The van der Waals surface area contributed by atoms with Crippen molar-refractivity contribution in [2.45, 2.75) is 72.5 Å². The van der Waals surface area contributed by atoms with E-state index in [9.17, 15) is 19.2 Å². The molecule has 35 heavy (non-hydrogen) atoms. The minimum atomic E-state index is -0.524. The number of benzene rings is 1. The van der Waals surface area contributed by atoms with Crippen molar-refractivity contribution in [3.63, 3.8) is 0 Å². The van der Waals surface area contributed by atoms with E-state index in [0.29, 0.717) is 29.6 Å². The number of rotatable bonds is 8. The molecule has 0 unspecified atom stereocenters. The highest BCUT2D eigenvalue weighted by molar-refractivity contribution is 5.98. The maximum atomic E-state index is 13.4. The maximum Gasteiger partial charge on any atom is 0.352 e. The normalized spacial score (nSPS) is 14.5. The van der Waals surface area contributed by atoms with Crippen molar-refractivity contribution in [1.82, 2.24) is 29.4 Å². The van der Waals surface area contributed by atoms with Crippen LogP contribution in [-0.2, 0) is 17.9 Å². The van der Waals surface area contributed by atoms with Gasteiger partial charge >= 0.3 is 5.69 Å². The van der Waals surface area contributed by atoms with E-state index in [-0.39, 0.29) is 47.6 Å². The van der Waals surface area contributed by atoms with Crippen molar-refractivity contribution in [3.8, 4) is 0 Å². The molecule has 188 valence electrons. The molecule has 1 aromatic carbocycles. The first kappa shape index (κ1) is 24.7. The summed E-state index contributed by atoms with van der Waals surface area (Å²) < 4.78 is 3.90. The average Bonchev–Trinajstić information content (AvgIpc) is 3.42. The lowest BCUT2D eigenvalue weighted by atomic mass is 10.1. The maximum absolute atomic E-state index is 13.4. The molecule has 1 aliphatic rings. The van der Waals surface area contributed by atoms with Crippen molar-refractivity contribution >= 4 is 28.5 Å². The van der Waals surface area contributed by atoms with Crippen LogP contribution in [0.4, 0.5) is 0 Å². The fraction of sp³-hybridized carbons (Fsp3) is 0.560. The first-order chi connectivity index (χ1) is 16.7. The molecule has 1 saturated carbocycles. The fourth-order valence-electron chi connectivity index (χ4n) is 4.57. The molecule has 4 rings (SSSR count). The Balaban J connectivity index is 1.82. The van der Waals surface area contributed by atoms with Gasteiger partial charge < -0.3 is 10.6 Å². The summed E-state index contributed by atoms with van der Waals surface area (Å²) in [6.07, 6.45) is 4.04. The number of aromatic nitrogens is 4. The Morgan fingerprint density at radius 3 is 2.46 bits per heavy atom. The van der Waals surface area contributed by atoms with Crippen molar-refractivity contribution in [1.29, 1.82) is 0 Å². The van der Waals surface area contributed by atoms with Gasteiger partial charge in [0, 0.05) is 24.7 Å². The lowest BCUT2D eigenvalue weighted by Gasteiger charge is -2.13. The third-order valence-electron chi connectivity index (χ3n) is 6.27. The lowest BCUT2D eigenvalue weighted by molar-refractivity contribution is -0.122. The monoisotopic (exact) mass is 482 g/mol. The molecule has 2 aromatic heterocycles. The van der Waals surface area contributed by atoms with Crippen molar-refractivity contribution in [2.24, 2.45) is 11.8 Å². The summed E-state index contributed by atoms with van der Waals surface area (Å²) in [6, 6.07) is 4.84. The van der Waals surface area contributed by atoms with Gasteiger partial charge in [-0.3, -0.25) is 19.0 Å². The SMILES string of the molecule is CC(C)CNC(=O)c1ccc2c(=O)n(CC(C)C)c3nn(CC(=O)NC4CCCC4)c(=O)n3c2c1. The van der Waals surface area contributed by atoms with Crippen LogP contribution in [0.1, 0.15) is 63.7 Å². The zero-order chi connectivity index (χ0) is 25.3. The van der Waals surface area contributed by atoms with E-state index in [0.717, 1.165) is 30.4 Å². The predicted octanol–water partition coefficient (Wildman–Crippen LogP) is 1.91. The number of carbonyl (C=O) groups is 2. The molecule has 10 heteroatoms. The average molecular weight is 483 g/mol.